The molecule has 10 nitrogen and oxygen atoms in total. The number of nitrogens with one attached hydrogen (secondary N) is 2. The molecule has 222 valence electrons. The van der Waals surface area contributed by atoms with Crippen molar-refractivity contribution in [3.63, 3.8) is 0 Å². The van der Waals surface area contributed by atoms with Crippen molar-refractivity contribution in [1.82, 2.24) is 10.7 Å². The van der Waals surface area contributed by atoms with Gasteiger partial charge < -0.3 is 14.8 Å². The molecule has 1 atom stereocenters. The number of nitrogens with zero attached hydrogens (tertiary/aromatic N) is 2. The molecule has 0 radical (unpaired) electrons. The number of sulfonamides is 1. The van der Waals surface area contributed by atoms with Gasteiger partial charge in [-0.3, -0.25) is 13.9 Å². The van der Waals surface area contributed by atoms with Crippen molar-refractivity contribution in [2.75, 3.05) is 24.6 Å². The van der Waals surface area contributed by atoms with Crippen LogP contribution in [0, 0.1) is 0 Å². The molecule has 4 aromatic carbocycles. The smallest absolute Gasteiger partial charge is 0.264 e. The third kappa shape index (κ3) is 8.66. The summed E-state index contributed by atoms with van der Waals surface area (Å²) in [5.74, 6) is 0.0407. The van der Waals surface area contributed by atoms with Crippen LogP contribution in [0.15, 0.2) is 119 Å². The molecule has 4 rings (SSSR count). The zero-order valence-corrected chi connectivity index (χ0v) is 24.5. The average Bonchev–Trinajstić information content (AvgIpc) is 3.04. The summed E-state index contributed by atoms with van der Waals surface area (Å²) in [5.41, 5.74) is 4.29. The first kappa shape index (κ1) is 30.8. The number of methoxy groups -OCH3 is 1. The molecule has 11 heteroatoms. The zero-order valence-electron chi connectivity index (χ0n) is 23.7. The van der Waals surface area contributed by atoms with E-state index in [0.717, 1.165) is 9.87 Å². The maximum absolute atomic E-state index is 13.4. The molecule has 0 aliphatic carbocycles. The minimum Gasteiger partial charge on any atom is -0.497 e. The fourth-order valence-corrected chi connectivity index (χ4v) is 5.49. The van der Waals surface area contributed by atoms with Crippen LogP contribution in [-0.4, -0.2) is 46.7 Å². The van der Waals surface area contributed by atoms with Crippen molar-refractivity contribution in [1.29, 1.82) is 0 Å². The van der Waals surface area contributed by atoms with Gasteiger partial charge in [-0.25, -0.2) is 13.8 Å². The third-order valence-corrected chi connectivity index (χ3v) is 8.08. The SMILES string of the molecule is COc1cccc(N(CC(=O)N/N=C\c2ccc(OCC(=O)N[C@H](C)c3ccccc3)cc2)S(=O)(=O)c2ccccc2)c1. The Bertz CT molecular complexity index is 1650. The van der Waals surface area contributed by atoms with Crippen molar-refractivity contribution in [2.45, 2.75) is 17.9 Å². The van der Waals surface area contributed by atoms with E-state index in [0.29, 0.717) is 17.1 Å². The summed E-state index contributed by atoms with van der Waals surface area (Å²) in [4.78, 5) is 25.1. The Kier molecular flexibility index (Phi) is 10.5. The van der Waals surface area contributed by atoms with E-state index >= 15 is 0 Å². The van der Waals surface area contributed by atoms with Gasteiger partial charge in [0.05, 0.1) is 29.9 Å². The van der Waals surface area contributed by atoms with Crippen LogP contribution in [0.2, 0.25) is 0 Å². The van der Waals surface area contributed by atoms with Crippen LogP contribution in [0.25, 0.3) is 0 Å². The second-order valence-electron chi connectivity index (χ2n) is 9.38. The predicted octanol–water partition coefficient (Wildman–Crippen LogP) is 4.30. The molecular weight excluding hydrogens is 568 g/mol. The van der Waals surface area contributed by atoms with Crippen molar-refractivity contribution in [2.24, 2.45) is 5.10 Å². The number of carbonyl (C=O) groups is 2. The number of hydrogen-bond donors (Lipinski definition) is 2. The number of rotatable bonds is 13. The molecule has 0 aliphatic heterocycles. The molecule has 0 aromatic heterocycles. The van der Waals surface area contributed by atoms with Crippen molar-refractivity contribution in [3.8, 4) is 11.5 Å². The number of benzene rings is 4. The van der Waals surface area contributed by atoms with Gasteiger partial charge in [-0.05, 0) is 66.6 Å². The number of hydrogen-bond acceptors (Lipinski definition) is 7. The van der Waals surface area contributed by atoms with E-state index < -0.39 is 22.5 Å². The van der Waals surface area contributed by atoms with E-state index in [1.165, 1.54) is 31.5 Å². The van der Waals surface area contributed by atoms with Crippen molar-refractivity contribution in [3.05, 3.63) is 120 Å². The quantitative estimate of drug-likeness (QED) is 0.174. The van der Waals surface area contributed by atoms with Crippen LogP contribution in [0.3, 0.4) is 0 Å². The van der Waals surface area contributed by atoms with Crippen LogP contribution < -0.4 is 24.5 Å². The number of ether oxygens (including phenoxy) is 2. The lowest BCUT2D eigenvalue weighted by atomic mass is 10.1. The fraction of sp³-hybridized carbons (Fsp3) is 0.156. The maximum atomic E-state index is 13.4. The number of hydrazone groups is 1. The average molecular weight is 601 g/mol. The number of carbonyl (C=O) groups excluding carboxylic acids is 2. The molecular formula is C32H32N4O6S. The van der Waals surface area contributed by atoms with Gasteiger partial charge in [-0.2, -0.15) is 5.10 Å². The topological polar surface area (TPSA) is 126 Å². The van der Waals surface area contributed by atoms with Crippen LogP contribution in [-0.2, 0) is 19.6 Å². The summed E-state index contributed by atoms with van der Waals surface area (Å²) in [6.07, 6.45) is 1.41. The van der Waals surface area contributed by atoms with Crippen molar-refractivity contribution < 1.29 is 27.5 Å². The van der Waals surface area contributed by atoms with Crippen molar-refractivity contribution >= 4 is 33.7 Å². The molecule has 4 aromatic rings. The summed E-state index contributed by atoms with van der Waals surface area (Å²) in [6.45, 7) is 1.24. The number of anilines is 1. The number of amides is 2. The summed E-state index contributed by atoms with van der Waals surface area (Å²) in [7, 11) is -2.59. The highest BCUT2D eigenvalue weighted by Gasteiger charge is 2.27. The lowest BCUT2D eigenvalue weighted by Crippen LogP contribution is -2.39. The first-order chi connectivity index (χ1) is 20.8. The zero-order chi connectivity index (χ0) is 30.7. The summed E-state index contributed by atoms with van der Waals surface area (Å²) in [5, 5.41) is 6.86. The Hall–Kier alpha value is -5.16. The lowest BCUT2D eigenvalue weighted by Gasteiger charge is -2.24. The molecule has 0 spiro atoms. The molecule has 0 unspecified atom stereocenters. The van der Waals surface area contributed by atoms with E-state index in [1.807, 2.05) is 37.3 Å². The van der Waals surface area contributed by atoms with Crippen LogP contribution in [0.4, 0.5) is 5.69 Å². The van der Waals surface area contributed by atoms with Gasteiger partial charge in [-0.1, -0.05) is 54.6 Å². The molecule has 0 fully saturated rings. The third-order valence-electron chi connectivity index (χ3n) is 6.29. The van der Waals surface area contributed by atoms with Gasteiger partial charge in [0.1, 0.15) is 18.0 Å². The minimum absolute atomic E-state index is 0.0413. The fourth-order valence-electron chi connectivity index (χ4n) is 4.05. The Morgan fingerprint density at radius 2 is 1.53 bits per heavy atom. The molecule has 0 saturated heterocycles. The predicted molar refractivity (Wildman–Crippen MR) is 165 cm³/mol. The molecule has 2 N–H and O–H groups in total. The highest BCUT2D eigenvalue weighted by atomic mass is 32.2. The van der Waals surface area contributed by atoms with Crippen LogP contribution >= 0.6 is 0 Å². The highest BCUT2D eigenvalue weighted by Crippen LogP contribution is 2.26. The summed E-state index contributed by atoms with van der Waals surface area (Å²) >= 11 is 0. The molecule has 0 heterocycles. The Labute approximate surface area is 251 Å². The van der Waals surface area contributed by atoms with Gasteiger partial charge in [0.25, 0.3) is 21.8 Å². The van der Waals surface area contributed by atoms with Gasteiger partial charge >= 0.3 is 0 Å². The van der Waals surface area contributed by atoms with E-state index in [9.17, 15) is 18.0 Å². The summed E-state index contributed by atoms with van der Waals surface area (Å²) < 4.78 is 38.7. The van der Waals surface area contributed by atoms with Gasteiger partial charge in [-0.15, -0.1) is 0 Å². The van der Waals surface area contributed by atoms with Gasteiger partial charge in [0.15, 0.2) is 6.61 Å². The van der Waals surface area contributed by atoms with Gasteiger partial charge in [0, 0.05) is 6.07 Å². The van der Waals surface area contributed by atoms with Crippen LogP contribution in [0.1, 0.15) is 24.1 Å². The molecule has 2 amide bonds. The second-order valence-corrected chi connectivity index (χ2v) is 11.2. The normalized spacial score (nSPS) is 11.9. The molecule has 0 bridgehead atoms. The molecule has 43 heavy (non-hydrogen) atoms. The maximum Gasteiger partial charge on any atom is 0.264 e. The van der Waals surface area contributed by atoms with E-state index in [1.54, 1.807) is 60.7 Å². The van der Waals surface area contributed by atoms with E-state index in [-0.39, 0.29) is 29.1 Å². The Balaban J connectivity index is 1.33. The lowest BCUT2D eigenvalue weighted by molar-refractivity contribution is -0.123. The standard InChI is InChI=1S/C32H32N4O6S/c1-24(26-10-5-3-6-11-26)34-32(38)23-42-28-18-16-25(17-19-28)21-33-35-31(37)22-36(27-12-9-13-29(20-27)41-2)43(39,40)30-14-7-4-8-15-30/h3-21,24H,22-23H2,1-2H3,(H,34,38)(H,35,37)/b33-21-/t24-/m1/s1. The first-order valence-corrected chi connectivity index (χ1v) is 14.8. The van der Waals surface area contributed by atoms with Gasteiger partial charge in [0.2, 0.25) is 0 Å². The first-order valence-electron chi connectivity index (χ1n) is 13.4. The molecule has 0 saturated carbocycles. The Morgan fingerprint density at radius 3 is 2.21 bits per heavy atom. The Morgan fingerprint density at radius 1 is 0.860 bits per heavy atom. The molecule has 0 aliphatic rings. The van der Waals surface area contributed by atoms with E-state index in [4.69, 9.17) is 9.47 Å². The largest absolute Gasteiger partial charge is 0.497 e. The second kappa shape index (κ2) is 14.6. The summed E-state index contributed by atoms with van der Waals surface area (Å²) in [6, 6.07) is 30.5. The highest BCUT2D eigenvalue weighted by molar-refractivity contribution is 7.92. The minimum atomic E-state index is -4.07. The van der Waals surface area contributed by atoms with E-state index in [2.05, 4.69) is 15.8 Å². The monoisotopic (exact) mass is 600 g/mol. The van der Waals surface area contributed by atoms with Crippen LogP contribution in [0.5, 0.6) is 11.5 Å².